The lowest BCUT2D eigenvalue weighted by Gasteiger charge is -2.15. The van der Waals surface area contributed by atoms with Gasteiger partial charge in [-0.05, 0) is 18.6 Å². The minimum atomic E-state index is 0.175. The van der Waals surface area contributed by atoms with E-state index in [1.54, 1.807) is 25.6 Å². The van der Waals surface area contributed by atoms with Crippen molar-refractivity contribution in [2.24, 2.45) is 0 Å². The molecule has 0 saturated carbocycles. The van der Waals surface area contributed by atoms with Crippen LogP contribution in [0, 0.1) is 0 Å². The summed E-state index contributed by atoms with van der Waals surface area (Å²) in [6, 6.07) is 4.20. The van der Waals surface area contributed by atoms with E-state index >= 15 is 0 Å². The van der Waals surface area contributed by atoms with E-state index in [0.29, 0.717) is 13.0 Å². The molecule has 0 aromatic carbocycles. The van der Waals surface area contributed by atoms with Crippen LogP contribution in [0.3, 0.4) is 0 Å². The van der Waals surface area contributed by atoms with Gasteiger partial charge in [0, 0.05) is 31.2 Å². The summed E-state index contributed by atoms with van der Waals surface area (Å²) in [4.78, 5) is 1.22. The molecule has 1 aromatic heterocycles. The van der Waals surface area contributed by atoms with Gasteiger partial charge in [-0.25, -0.2) is 0 Å². The highest BCUT2D eigenvalue weighted by Gasteiger charge is 2.08. The van der Waals surface area contributed by atoms with Crippen LogP contribution in [0.4, 0.5) is 0 Å². The zero-order chi connectivity index (χ0) is 11.8. The number of aliphatic hydroxyl groups is 1. The summed E-state index contributed by atoms with van der Waals surface area (Å²) in [5.74, 6) is 0. The average Bonchev–Trinajstić information content (AvgIpc) is 2.74. The fourth-order valence-corrected chi connectivity index (χ4v) is 2.18. The third-order valence-corrected chi connectivity index (χ3v) is 3.30. The molecule has 0 amide bonds. The number of methoxy groups -OCH3 is 2. The highest BCUT2D eigenvalue weighted by atomic mass is 32.1. The van der Waals surface area contributed by atoms with Crippen LogP contribution in [-0.2, 0) is 11.3 Å². The topological polar surface area (TPSA) is 50.7 Å². The SMILES string of the molecule is COCC(CCO)NCc1ccc(OC)s1. The van der Waals surface area contributed by atoms with Gasteiger partial charge in [-0.2, -0.15) is 0 Å². The van der Waals surface area contributed by atoms with Gasteiger partial charge in [-0.15, -0.1) is 11.3 Å². The first-order chi connectivity index (χ1) is 7.80. The molecule has 1 aromatic rings. The Morgan fingerprint density at radius 3 is 2.81 bits per heavy atom. The number of rotatable bonds is 8. The predicted octanol–water partition coefficient (Wildman–Crippen LogP) is 1.24. The number of ether oxygens (including phenoxy) is 2. The Bertz CT molecular complexity index is 285. The van der Waals surface area contributed by atoms with Gasteiger partial charge in [-0.3, -0.25) is 0 Å². The first kappa shape index (κ1) is 13.4. The molecule has 0 aliphatic heterocycles. The van der Waals surface area contributed by atoms with Crippen LogP contribution in [0.1, 0.15) is 11.3 Å². The molecule has 2 N–H and O–H groups in total. The van der Waals surface area contributed by atoms with Crippen molar-refractivity contribution in [2.75, 3.05) is 27.4 Å². The Hall–Kier alpha value is -0.620. The largest absolute Gasteiger partial charge is 0.487 e. The lowest BCUT2D eigenvalue weighted by Crippen LogP contribution is -2.33. The zero-order valence-electron chi connectivity index (χ0n) is 9.73. The van der Waals surface area contributed by atoms with E-state index < -0.39 is 0 Å². The maximum Gasteiger partial charge on any atom is 0.173 e. The van der Waals surface area contributed by atoms with Crippen molar-refractivity contribution in [3.63, 3.8) is 0 Å². The number of hydrogen-bond donors (Lipinski definition) is 2. The van der Waals surface area contributed by atoms with Crippen molar-refractivity contribution in [3.8, 4) is 5.06 Å². The van der Waals surface area contributed by atoms with Crippen molar-refractivity contribution >= 4 is 11.3 Å². The summed E-state index contributed by atoms with van der Waals surface area (Å²) in [6.07, 6.45) is 0.705. The fourth-order valence-electron chi connectivity index (χ4n) is 1.41. The lowest BCUT2D eigenvalue weighted by atomic mass is 10.2. The van der Waals surface area contributed by atoms with Crippen LogP contribution < -0.4 is 10.1 Å². The Morgan fingerprint density at radius 2 is 2.25 bits per heavy atom. The molecule has 0 aliphatic carbocycles. The van der Waals surface area contributed by atoms with Crippen molar-refractivity contribution in [1.29, 1.82) is 0 Å². The molecular formula is C11H19NO3S. The number of thiophene rings is 1. The molecule has 1 unspecified atom stereocenters. The number of hydrogen-bond acceptors (Lipinski definition) is 5. The third-order valence-electron chi connectivity index (χ3n) is 2.25. The summed E-state index contributed by atoms with van der Waals surface area (Å²) < 4.78 is 10.2. The minimum Gasteiger partial charge on any atom is -0.487 e. The Balaban J connectivity index is 2.35. The second kappa shape index (κ2) is 7.62. The molecule has 0 radical (unpaired) electrons. The van der Waals surface area contributed by atoms with E-state index in [9.17, 15) is 0 Å². The first-order valence-corrected chi connectivity index (χ1v) is 6.07. The van der Waals surface area contributed by atoms with Gasteiger partial charge in [0.25, 0.3) is 0 Å². The lowest BCUT2D eigenvalue weighted by molar-refractivity contribution is 0.148. The Labute approximate surface area is 100 Å². The highest BCUT2D eigenvalue weighted by molar-refractivity contribution is 7.13. The molecule has 4 nitrogen and oxygen atoms in total. The third kappa shape index (κ3) is 4.49. The standard InChI is InChI=1S/C11H19NO3S/c1-14-8-9(5-6-13)12-7-10-3-4-11(15-2)16-10/h3-4,9,12-13H,5-8H2,1-2H3. The highest BCUT2D eigenvalue weighted by Crippen LogP contribution is 2.23. The van der Waals surface area contributed by atoms with Crippen LogP contribution in [0.25, 0.3) is 0 Å². The van der Waals surface area contributed by atoms with Crippen molar-refractivity contribution in [1.82, 2.24) is 5.32 Å². The summed E-state index contributed by atoms with van der Waals surface area (Å²) in [5, 5.41) is 13.2. The molecule has 92 valence electrons. The van der Waals surface area contributed by atoms with E-state index in [1.807, 2.05) is 12.1 Å². The van der Waals surface area contributed by atoms with Crippen LogP contribution in [0.15, 0.2) is 12.1 Å². The second-order valence-electron chi connectivity index (χ2n) is 3.47. The van der Waals surface area contributed by atoms with Gasteiger partial charge in [0.15, 0.2) is 5.06 Å². The first-order valence-electron chi connectivity index (χ1n) is 5.26. The van der Waals surface area contributed by atoms with Crippen LogP contribution in [-0.4, -0.2) is 38.6 Å². The predicted molar refractivity (Wildman–Crippen MR) is 65.1 cm³/mol. The quantitative estimate of drug-likeness (QED) is 0.723. The minimum absolute atomic E-state index is 0.175. The van der Waals surface area contributed by atoms with E-state index in [1.165, 1.54) is 4.88 Å². The van der Waals surface area contributed by atoms with Gasteiger partial charge in [0.2, 0.25) is 0 Å². The molecular weight excluding hydrogens is 226 g/mol. The maximum absolute atomic E-state index is 8.89. The van der Waals surface area contributed by atoms with Gasteiger partial charge in [0.1, 0.15) is 0 Å². The van der Waals surface area contributed by atoms with E-state index in [2.05, 4.69) is 5.32 Å². The van der Waals surface area contributed by atoms with E-state index in [4.69, 9.17) is 14.6 Å². The van der Waals surface area contributed by atoms with Gasteiger partial charge in [-0.1, -0.05) is 0 Å². The van der Waals surface area contributed by atoms with Crippen molar-refractivity contribution in [2.45, 2.75) is 19.0 Å². The molecule has 0 fully saturated rings. The average molecular weight is 245 g/mol. The molecule has 1 rings (SSSR count). The molecule has 5 heteroatoms. The maximum atomic E-state index is 8.89. The van der Waals surface area contributed by atoms with E-state index in [0.717, 1.165) is 11.6 Å². The zero-order valence-corrected chi connectivity index (χ0v) is 10.5. The summed E-state index contributed by atoms with van der Waals surface area (Å²) >= 11 is 1.62. The molecule has 1 atom stereocenters. The van der Waals surface area contributed by atoms with Crippen LogP contribution >= 0.6 is 11.3 Å². The van der Waals surface area contributed by atoms with E-state index in [-0.39, 0.29) is 12.6 Å². The number of nitrogens with one attached hydrogen (secondary N) is 1. The van der Waals surface area contributed by atoms with Gasteiger partial charge in [0.05, 0.1) is 13.7 Å². The second-order valence-corrected chi connectivity index (χ2v) is 4.60. The van der Waals surface area contributed by atoms with Crippen LogP contribution in [0.5, 0.6) is 5.06 Å². The van der Waals surface area contributed by atoms with Crippen molar-refractivity contribution < 1.29 is 14.6 Å². The van der Waals surface area contributed by atoms with Gasteiger partial charge >= 0.3 is 0 Å². The molecule has 0 saturated heterocycles. The molecule has 0 bridgehead atoms. The smallest absolute Gasteiger partial charge is 0.173 e. The van der Waals surface area contributed by atoms with Crippen molar-refractivity contribution in [3.05, 3.63) is 17.0 Å². The normalized spacial score (nSPS) is 12.7. The molecule has 1 heterocycles. The van der Waals surface area contributed by atoms with Gasteiger partial charge < -0.3 is 19.9 Å². The summed E-state index contributed by atoms with van der Waals surface area (Å²) in [7, 11) is 3.34. The summed E-state index contributed by atoms with van der Waals surface area (Å²) in [6.45, 7) is 1.57. The number of aliphatic hydroxyl groups excluding tert-OH is 1. The van der Waals surface area contributed by atoms with Crippen LogP contribution in [0.2, 0.25) is 0 Å². The Morgan fingerprint density at radius 1 is 1.44 bits per heavy atom. The monoisotopic (exact) mass is 245 g/mol. The molecule has 0 spiro atoms. The Kier molecular flexibility index (Phi) is 6.40. The molecule has 0 aliphatic rings. The summed E-state index contributed by atoms with van der Waals surface area (Å²) in [5.41, 5.74) is 0. The molecule has 16 heavy (non-hydrogen) atoms. The fraction of sp³-hybridized carbons (Fsp3) is 0.636.